The van der Waals surface area contributed by atoms with Crippen molar-refractivity contribution in [3.05, 3.63) is 29.8 Å². The van der Waals surface area contributed by atoms with Crippen LogP contribution in [-0.2, 0) is 19.7 Å². The molecule has 1 heterocycles. The Morgan fingerprint density at radius 1 is 1.12 bits per heavy atom. The van der Waals surface area contributed by atoms with Crippen LogP contribution in [0.2, 0.25) is 0 Å². The maximum Gasteiger partial charge on any atom is 0.226 e. The number of hydrogen-bond acceptors (Lipinski definition) is 7. The van der Waals surface area contributed by atoms with Crippen molar-refractivity contribution in [1.29, 1.82) is 0 Å². The Balaban J connectivity index is 2.61. The average Bonchev–Trinajstić information content (AvgIpc) is 3.00. The van der Waals surface area contributed by atoms with Crippen molar-refractivity contribution in [1.82, 2.24) is 4.98 Å². The normalized spacial score (nSPS) is 13.5. The van der Waals surface area contributed by atoms with Crippen LogP contribution in [0, 0.1) is 6.92 Å². The Kier molecular flexibility index (Phi) is 6.46. The fraction of sp³-hybridized carbons (Fsp3) is 0.471. The molecule has 9 heteroatoms. The second-order valence-electron chi connectivity index (χ2n) is 6.20. The Labute approximate surface area is 159 Å². The third-order valence-electron chi connectivity index (χ3n) is 3.89. The van der Waals surface area contributed by atoms with E-state index in [1.54, 1.807) is 19.1 Å². The number of hydrogen-bond donors (Lipinski definition) is 1. The van der Waals surface area contributed by atoms with E-state index in [9.17, 15) is 16.8 Å². The number of anilines is 1. The molecule has 26 heavy (non-hydrogen) atoms. The Morgan fingerprint density at radius 3 is 2.27 bits per heavy atom. The van der Waals surface area contributed by atoms with E-state index in [1.807, 2.05) is 20.8 Å². The number of thiazole rings is 1. The zero-order valence-corrected chi connectivity index (χ0v) is 17.8. The van der Waals surface area contributed by atoms with E-state index in [0.717, 1.165) is 23.3 Å². The molecule has 0 aliphatic carbocycles. The maximum atomic E-state index is 13.0. The molecule has 1 atom stereocenters. The summed E-state index contributed by atoms with van der Waals surface area (Å²) in [5.74, 6) is -0.0622. The number of nitrogens with one attached hydrogen (secondary N) is 1. The van der Waals surface area contributed by atoms with Gasteiger partial charge in [0.05, 0.1) is 10.6 Å². The lowest BCUT2D eigenvalue weighted by Gasteiger charge is -2.12. The summed E-state index contributed by atoms with van der Waals surface area (Å²) in [5.41, 5.74) is 0.936. The highest BCUT2D eigenvalue weighted by Gasteiger charge is 2.30. The van der Waals surface area contributed by atoms with Crippen LogP contribution < -0.4 is 5.32 Å². The Hall–Kier alpha value is -1.45. The van der Waals surface area contributed by atoms with Gasteiger partial charge in [-0.3, -0.25) is 0 Å². The standard InChI is InChI=1S/C17H24N2O4S3/c1-5-11-25(20,21)17-19-16(15(24-17)18-13(4)6-2)26(22,23)14-9-7-12(3)8-10-14/h7-10,13,18H,5-6,11H2,1-4H3/t13-/m1/s1. The molecular formula is C17H24N2O4S3. The lowest BCUT2D eigenvalue weighted by Crippen LogP contribution is -2.15. The third kappa shape index (κ3) is 4.44. The van der Waals surface area contributed by atoms with Crippen molar-refractivity contribution in [2.24, 2.45) is 0 Å². The van der Waals surface area contributed by atoms with E-state index in [0.29, 0.717) is 6.42 Å². The van der Waals surface area contributed by atoms with Crippen molar-refractivity contribution in [2.45, 2.75) is 60.8 Å². The summed E-state index contributed by atoms with van der Waals surface area (Å²) in [6.45, 7) is 7.49. The first kappa shape index (κ1) is 20.9. The summed E-state index contributed by atoms with van der Waals surface area (Å²) >= 11 is 0.885. The van der Waals surface area contributed by atoms with Gasteiger partial charge in [-0.15, -0.1) is 0 Å². The van der Waals surface area contributed by atoms with Gasteiger partial charge in [-0.2, -0.15) is 0 Å². The van der Waals surface area contributed by atoms with Crippen LogP contribution in [0.5, 0.6) is 0 Å². The molecule has 6 nitrogen and oxygen atoms in total. The van der Waals surface area contributed by atoms with Crippen LogP contribution in [0.15, 0.2) is 38.5 Å². The van der Waals surface area contributed by atoms with E-state index in [4.69, 9.17) is 0 Å². The van der Waals surface area contributed by atoms with E-state index < -0.39 is 19.7 Å². The topological polar surface area (TPSA) is 93.2 Å². The van der Waals surface area contributed by atoms with E-state index in [2.05, 4.69) is 10.3 Å². The van der Waals surface area contributed by atoms with Gasteiger partial charge < -0.3 is 5.32 Å². The van der Waals surface area contributed by atoms with Gasteiger partial charge in [0.2, 0.25) is 24.0 Å². The van der Waals surface area contributed by atoms with Crippen LogP contribution in [-0.4, -0.2) is 33.6 Å². The molecule has 0 radical (unpaired) electrons. The van der Waals surface area contributed by atoms with Crippen molar-refractivity contribution in [3.63, 3.8) is 0 Å². The van der Waals surface area contributed by atoms with Crippen molar-refractivity contribution in [2.75, 3.05) is 11.1 Å². The first-order valence-electron chi connectivity index (χ1n) is 8.43. The Bertz CT molecular complexity index is 962. The number of aromatic nitrogens is 1. The first-order chi connectivity index (χ1) is 12.1. The smallest absolute Gasteiger partial charge is 0.226 e. The SMILES string of the molecule is CCCS(=O)(=O)c1nc(S(=O)(=O)c2ccc(C)cc2)c(N[C@H](C)CC)s1. The molecule has 2 rings (SSSR count). The first-order valence-corrected chi connectivity index (χ1v) is 12.4. The van der Waals surface area contributed by atoms with Crippen LogP contribution >= 0.6 is 11.3 Å². The molecule has 0 saturated carbocycles. The van der Waals surface area contributed by atoms with Crippen LogP contribution in [0.1, 0.15) is 39.2 Å². The number of rotatable bonds is 8. The molecule has 144 valence electrons. The summed E-state index contributed by atoms with van der Waals surface area (Å²) in [7, 11) is -7.52. The lowest BCUT2D eigenvalue weighted by atomic mass is 10.2. The van der Waals surface area contributed by atoms with Crippen LogP contribution in [0.25, 0.3) is 0 Å². The van der Waals surface area contributed by atoms with Gasteiger partial charge in [-0.05, 0) is 38.8 Å². The van der Waals surface area contributed by atoms with Crippen LogP contribution in [0.3, 0.4) is 0 Å². The average molecular weight is 417 g/mol. The summed E-state index contributed by atoms with van der Waals surface area (Å²) in [5, 5.41) is 3.15. The molecule has 0 fully saturated rings. The minimum Gasteiger partial charge on any atom is -0.372 e. The highest BCUT2D eigenvalue weighted by atomic mass is 32.2. The molecule has 1 aromatic carbocycles. The summed E-state index contributed by atoms with van der Waals surface area (Å²) in [6, 6.07) is 6.42. The molecule has 1 aromatic heterocycles. The number of sulfone groups is 2. The molecule has 0 amide bonds. The number of nitrogens with zero attached hydrogens (tertiary/aromatic N) is 1. The zero-order valence-electron chi connectivity index (χ0n) is 15.3. The van der Waals surface area contributed by atoms with Gasteiger partial charge >= 0.3 is 0 Å². The molecule has 1 N–H and O–H groups in total. The van der Waals surface area contributed by atoms with Gasteiger partial charge in [0.1, 0.15) is 5.00 Å². The largest absolute Gasteiger partial charge is 0.372 e. The summed E-state index contributed by atoms with van der Waals surface area (Å²) in [4.78, 5) is 4.14. The monoisotopic (exact) mass is 416 g/mol. The van der Waals surface area contributed by atoms with Gasteiger partial charge in [-0.25, -0.2) is 21.8 Å². The molecule has 0 aliphatic rings. The fourth-order valence-electron chi connectivity index (χ4n) is 2.20. The van der Waals surface area contributed by atoms with E-state index in [-0.39, 0.29) is 31.1 Å². The van der Waals surface area contributed by atoms with Crippen molar-refractivity contribution in [3.8, 4) is 0 Å². The second kappa shape index (κ2) is 8.06. The zero-order chi connectivity index (χ0) is 19.5. The van der Waals surface area contributed by atoms with Crippen LogP contribution in [0.4, 0.5) is 5.00 Å². The van der Waals surface area contributed by atoms with Crippen molar-refractivity contribution < 1.29 is 16.8 Å². The van der Waals surface area contributed by atoms with E-state index >= 15 is 0 Å². The number of aryl methyl sites for hydroxylation is 1. The maximum absolute atomic E-state index is 13.0. The minimum atomic E-state index is -3.92. The predicted octanol–water partition coefficient (Wildman–Crippen LogP) is 3.68. The van der Waals surface area contributed by atoms with Crippen molar-refractivity contribution >= 4 is 36.0 Å². The molecule has 0 saturated heterocycles. The fourth-order valence-corrected chi connectivity index (χ4v) is 6.66. The lowest BCUT2D eigenvalue weighted by molar-refractivity contribution is 0.588. The Morgan fingerprint density at radius 2 is 1.73 bits per heavy atom. The minimum absolute atomic E-state index is 0.0100. The molecule has 0 unspecified atom stereocenters. The summed E-state index contributed by atoms with van der Waals surface area (Å²) in [6.07, 6.45) is 1.20. The van der Waals surface area contributed by atoms with Gasteiger partial charge in [0.25, 0.3) is 0 Å². The summed E-state index contributed by atoms with van der Waals surface area (Å²) < 4.78 is 50.7. The highest BCUT2D eigenvalue weighted by Crippen LogP contribution is 2.35. The van der Waals surface area contributed by atoms with Gasteiger partial charge in [0, 0.05) is 6.04 Å². The molecular weight excluding hydrogens is 392 g/mol. The second-order valence-corrected chi connectivity index (χ2v) is 11.3. The molecule has 2 aromatic rings. The van der Waals surface area contributed by atoms with E-state index in [1.165, 1.54) is 12.1 Å². The third-order valence-corrected chi connectivity index (χ3v) is 9.08. The van der Waals surface area contributed by atoms with Gasteiger partial charge in [-0.1, -0.05) is 42.9 Å². The molecule has 0 spiro atoms. The molecule has 0 bridgehead atoms. The highest BCUT2D eigenvalue weighted by molar-refractivity contribution is 7.94. The predicted molar refractivity (Wildman–Crippen MR) is 104 cm³/mol. The van der Waals surface area contributed by atoms with Gasteiger partial charge in [0.15, 0.2) is 5.03 Å². The quantitative estimate of drug-likeness (QED) is 0.705. The molecule has 0 aliphatic heterocycles. The number of benzene rings is 1.